The molecule has 2 saturated heterocycles. The molecule has 0 aliphatic carbocycles. The molecule has 1 aromatic carbocycles. The molecule has 23 heavy (non-hydrogen) atoms. The number of methoxy groups -OCH3 is 1. The molecule has 0 amide bonds. The zero-order valence-corrected chi connectivity index (χ0v) is 13.8. The number of hydrogen-bond donors (Lipinski definition) is 2. The van der Waals surface area contributed by atoms with Crippen LogP contribution < -0.4 is 10.5 Å². The lowest BCUT2D eigenvalue weighted by atomic mass is 9.85. The fourth-order valence-corrected chi connectivity index (χ4v) is 4.10. The molecule has 2 fully saturated rings. The Hall–Kier alpha value is -1.88. The number of nitrogens with zero attached hydrogens (tertiary/aromatic N) is 1. The molecule has 2 aliphatic rings. The second-order valence-corrected chi connectivity index (χ2v) is 6.84. The van der Waals surface area contributed by atoms with Crippen molar-refractivity contribution in [3.05, 3.63) is 23.8 Å². The Balaban J connectivity index is 1.65. The number of carbonyl (C=O) groups excluding carboxylic acids is 1. The van der Waals surface area contributed by atoms with Crippen LogP contribution in [0.1, 0.15) is 37.7 Å². The number of nitrogens with one attached hydrogen (secondary N) is 1. The van der Waals surface area contributed by atoms with Crippen molar-refractivity contribution in [2.45, 2.75) is 44.2 Å². The number of carbonyl (C=O) groups is 1. The molecule has 2 heterocycles. The van der Waals surface area contributed by atoms with E-state index in [2.05, 4.69) is 11.9 Å². The molecule has 2 bridgehead atoms. The van der Waals surface area contributed by atoms with Gasteiger partial charge in [-0.1, -0.05) is 0 Å². The summed E-state index contributed by atoms with van der Waals surface area (Å²) in [5.41, 5.74) is 6.91. The molecule has 2 atom stereocenters. The normalized spacial score (nSPS) is 27.0. The molecule has 0 spiro atoms. The Bertz CT molecular complexity index is 615. The van der Waals surface area contributed by atoms with Gasteiger partial charge in [0.1, 0.15) is 11.5 Å². The largest absolute Gasteiger partial charge is 0.497 e. The second kappa shape index (κ2) is 6.32. The topological polar surface area (TPSA) is 79.4 Å². The molecule has 5 heteroatoms. The van der Waals surface area contributed by atoms with E-state index in [0.717, 1.165) is 12.8 Å². The first-order valence-corrected chi connectivity index (χ1v) is 8.27. The maximum Gasteiger partial charge on any atom is 0.181 e. The first kappa shape index (κ1) is 16.0. The third-order valence-corrected chi connectivity index (χ3v) is 5.48. The van der Waals surface area contributed by atoms with Crippen LogP contribution in [0.3, 0.4) is 0 Å². The third-order valence-electron chi connectivity index (χ3n) is 5.48. The maximum atomic E-state index is 12.5. The van der Waals surface area contributed by atoms with Crippen molar-refractivity contribution in [2.24, 2.45) is 5.92 Å². The predicted octanol–water partition coefficient (Wildman–Crippen LogP) is 2.48. The summed E-state index contributed by atoms with van der Waals surface area (Å²) in [5.74, 6) is 0.935. The highest BCUT2D eigenvalue weighted by atomic mass is 16.5. The fraction of sp³-hybridized carbons (Fsp3) is 0.556. The average Bonchev–Trinajstić information content (AvgIpc) is 2.75. The van der Waals surface area contributed by atoms with Gasteiger partial charge in [0.15, 0.2) is 5.78 Å². The van der Waals surface area contributed by atoms with E-state index < -0.39 is 0 Å². The van der Waals surface area contributed by atoms with Crippen LogP contribution >= 0.6 is 0 Å². The van der Waals surface area contributed by atoms with Gasteiger partial charge < -0.3 is 15.4 Å². The molecular weight excluding hydrogens is 290 g/mol. The number of ether oxygens (including phenoxy) is 1. The molecule has 3 rings (SSSR count). The molecule has 124 valence electrons. The van der Waals surface area contributed by atoms with Crippen molar-refractivity contribution >= 4 is 17.2 Å². The van der Waals surface area contributed by atoms with Crippen molar-refractivity contribution in [1.29, 1.82) is 5.41 Å². The monoisotopic (exact) mass is 315 g/mol. The van der Waals surface area contributed by atoms with Gasteiger partial charge >= 0.3 is 0 Å². The van der Waals surface area contributed by atoms with Crippen LogP contribution in [-0.2, 0) is 4.79 Å². The first-order chi connectivity index (χ1) is 11.0. The van der Waals surface area contributed by atoms with Crippen LogP contribution in [0.4, 0.5) is 5.69 Å². The van der Waals surface area contributed by atoms with Gasteiger partial charge in [-0.3, -0.25) is 10.2 Å². The summed E-state index contributed by atoms with van der Waals surface area (Å²) in [6, 6.07) is 6.33. The summed E-state index contributed by atoms with van der Waals surface area (Å²) in [7, 11) is 3.76. The molecule has 0 radical (unpaired) electrons. The van der Waals surface area contributed by atoms with Crippen LogP contribution in [0.2, 0.25) is 0 Å². The van der Waals surface area contributed by atoms with Crippen molar-refractivity contribution in [2.75, 3.05) is 19.9 Å². The standard InChI is InChI=1S/C18H25N3O2/c1-21-12-3-4-13(21)8-11(7-12)9-17(22)18(20)15-6-5-14(23-2)10-16(15)19/h5-6,10-13,20H,3-4,7-9,19H2,1-2H3. The van der Waals surface area contributed by atoms with Crippen LogP contribution in [0.5, 0.6) is 5.75 Å². The quantitative estimate of drug-likeness (QED) is 0.646. The van der Waals surface area contributed by atoms with Crippen molar-refractivity contribution in [1.82, 2.24) is 4.90 Å². The highest BCUT2D eigenvalue weighted by Gasteiger charge is 2.39. The number of nitrogens with two attached hydrogens (primary N) is 1. The van der Waals surface area contributed by atoms with E-state index in [0.29, 0.717) is 41.4 Å². The summed E-state index contributed by atoms with van der Waals surface area (Å²) in [5, 5.41) is 8.20. The van der Waals surface area contributed by atoms with Crippen molar-refractivity contribution < 1.29 is 9.53 Å². The summed E-state index contributed by atoms with van der Waals surface area (Å²) in [4.78, 5) is 15.0. The molecule has 5 nitrogen and oxygen atoms in total. The van der Waals surface area contributed by atoms with E-state index in [1.807, 2.05) is 0 Å². The second-order valence-electron chi connectivity index (χ2n) is 6.84. The summed E-state index contributed by atoms with van der Waals surface area (Å²) in [6.07, 6.45) is 5.10. The molecule has 2 unspecified atom stereocenters. The third kappa shape index (κ3) is 3.11. The molecular formula is C18H25N3O2. The highest BCUT2D eigenvalue weighted by molar-refractivity contribution is 6.46. The van der Waals surface area contributed by atoms with Gasteiger partial charge in [-0.15, -0.1) is 0 Å². The van der Waals surface area contributed by atoms with E-state index in [1.54, 1.807) is 25.3 Å². The number of fused-ring (bicyclic) bond motifs is 2. The Morgan fingerprint density at radius 3 is 2.57 bits per heavy atom. The lowest BCUT2D eigenvalue weighted by Crippen LogP contribution is -2.40. The number of Topliss-reactive ketones (excluding diaryl/α,β-unsaturated/α-hetero) is 1. The Kier molecular flexibility index (Phi) is 4.39. The lowest BCUT2D eigenvalue weighted by molar-refractivity contribution is -0.114. The zero-order chi connectivity index (χ0) is 16.6. The van der Waals surface area contributed by atoms with Gasteiger partial charge in [-0.2, -0.15) is 0 Å². The minimum Gasteiger partial charge on any atom is -0.497 e. The van der Waals surface area contributed by atoms with Crippen molar-refractivity contribution in [3.63, 3.8) is 0 Å². The van der Waals surface area contributed by atoms with E-state index >= 15 is 0 Å². The van der Waals surface area contributed by atoms with Crippen LogP contribution in [0.15, 0.2) is 18.2 Å². The van der Waals surface area contributed by atoms with Crippen LogP contribution in [-0.4, -0.2) is 42.6 Å². The minimum atomic E-state index is -0.101. The highest BCUT2D eigenvalue weighted by Crippen LogP contribution is 2.38. The van der Waals surface area contributed by atoms with Gasteiger partial charge in [-0.25, -0.2) is 0 Å². The van der Waals surface area contributed by atoms with E-state index in [1.165, 1.54) is 12.8 Å². The van der Waals surface area contributed by atoms with Crippen LogP contribution in [0.25, 0.3) is 0 Å². The lowest BCUT2D eigenvalue weighted by Gasteiger charge is -2.36. The molecule has 1 aromatic rings. The first-order valence-electron chi connectivity index (χ1n) is 8.27. The van der Waals surface area contributed by atoms with Gasteiger partial charge in [0.2, 0.25) is 0 Å². The Morgan fingerprint density at radius 2 is 2.00 bits per heavy atom. The van der Waals surface area contributed by atoms with Crippen LogP contribution in [0, 0.1) is 11.3 Å². The smallest absolute Gasteiger partial charge is 0.181 e. The number of piperidine rings is 1. The van der Waals surface area contributed by atoms with E-state index in [9.17, 15) is 4.79 Å². The molecule has 0 aromatic heterocycles. The molecule has 0 saturated carbocycles. The fourth-order valence-electron chi connectivity index (χ4n) is 4.10. The molecule has 3 N–H and O–H groups in total. The number of benzene rings is 1. The number of anilines is 1. The van der Waals surface area contributed by atoms with Gasteiger partial charge in [-0.05, 0) is 50.8 Å². The van der Waals surface area contributed by atoms with Gasteiger partial charge in [0, 0.05) is 35.8 Å². The summed E-state index contributed by atoms with van der Waals surface area (Å²) >= 11 is 0. The molecule has 2 aliphatic heterocycles. The Morgan fingerprint density at radius 1 is 1.35 bits per heavy atom. The maximum absolute atomic E-state index is 12.5. The zero-order valence-electron chi connectivity index (χ0n) is 13.8. The number of rotatable bonds is 5. The predicted molar refractivity (Wildman–Crippen MR) is 91.2 cm³/mol. The SMILES string of the molecule is COc1ccc(C(=N)C(=O)CC2CC3CCC(C2)N3C)c(N)c1. The van der Waals surface area contributed by atoms with Gasteiger partial charge in [0.05, 0.1) is 7.11 Å². The number of hydrogen-bond acceptors (Lipinski definition) is 5. The van der Waals surface area contributed by atoms with Gasteiger partial charge in [0.25, 0.3) is 0 Å². The van der Waals surface area contributed by atoms with E-state index in [4.69, 9.17) is 15.9 Å². The Labute approximate surface area is 137 Å². The van der Waals surface area contributed by atoms with E-state index in [-0.39, 0.29) is 11.5 Å². The summed E-state index contributed by atoms with van der Waals surface area (Å²) in [6.45, 7) is 0. The van der Waals surface area contributed by atoms with Crippen molar-refractivity contribution in [3.8, 4) is 5.75 Å². The number of nitrogen functional groups attached to an aromatic ring is 1. The number of ketones is 1. The minimum absolute atomic E-state index is 0.0245. The average molecular weight is 315 g/mol. The summed E-state index contributed by atoms with van der Waals surface area (Å²) < 4.78 is 5.11.